The number of rotatable bonds is 6. The van der Waals surface area contributed by atoms with E-state index in [-0.39, 0.29) is 60.9 Å². The van der Waals surface area contributed by atoms with Crippen LogP contribution >= 0.6 is 0 Å². The topological polar surface area (TPSA) is 66.9 Å². The largest absolute Gasteiger partial charge is 0.433 e. The maximum atomic E-state index is 14.1. The van der Waals surface area contributed by atoms with Crippen molar-refractivity contribution in [2.45, 2.75) is 88.6 Å². The van der Waals surface area contributed by atoms with Gasteiger partial charge >= 0.3 is 12.4 Å². The summed E-state index contributed by atoms with van der Waals surface area (Å²) in [6.07, 6.45) is -6.53. The van der Waals surface area contributed by atoms with Crippen LogP contribution in [-0.2, 0) is 26.6 Å². The minimum absolute atomic E-state index is 0.0379. The van der Waals surface area contributed by atoms with E-state index >= 15 is 0 Å². The van der Waals surface area contributed by atoms with Crippen LogP contribution < -0.4 is 10.2 Å². The van der Waals surface area contributed by atoms with Crippen LogP contribution in [0.2, 0.25) is 0 Å². The molecule has 1 amide bonds. The van der Waals surface area contributed by atoms with E-state index in [1.807, 2.05) is 18.7 Å². The molecule has 6 atom stereocenters. The first-order chi connectivity index (χ1) is 18.7. The van der Waals surface area contributed by atoms with Gasteiger partial charge in [0.1, 0.15) is 11.4 Å². The highest BCUT2D eigenvalue weighted by Gasteiger charge is 2.55. The number of alkyl halides is 6. The molecule has 7 nitrogen and oxygen atoms in total. The van der Waals surface area contributed by atoms with Crippen molar-refractivity contribution in [1.82, 2.24) is 15.2 Å². The summed E-state index contributed by atoms with van der Waals surface area (Å²) in [4.78, 5) is 20.3. The fraction of sp³-hybridized carbons (Fsp3) is 0.778. The third kappa shape index (κ3) is 5.40. The SMILES string of the molecule is CO[C@@H]1COCC[C@@H]1N[C@@H]1CC[C@@](C(=O)N2C[C@@H]3C[C@H]2CN3c2cc(C(F)(F)F)nc(C(F)(F)F)c2)(C(C)C)C1. The molecule has 1 aliphatic carbocycles. The van der Waals surface area contributed by atoms with Gasteiger partial charge in [0.25, 0.3) is 0 Å². The van der Waals surface area contributed by atoms with Crippen molar-refractivity contribution < 1.29 is 40.6 Å². The number of amides is 1. The first-order valence-corrected chi connectivity index (χ1v) is 13.8. The van der Waals surface area contributed by atoms with Gasteiger partial charge < -0.3 is 24.6 Å². The molecule has 4 heterocycles. The number of likely N-dealkylation sites (tertiary alicyclic amines) is 1. The summed E-state index contributed by atoms with van der Waals surface area (Å²) in [5.41, 5.74) is -3.89. The van der Waals surface area contributed by atoms with Gasteiger partial charge in [0, 0.05) is 50.6 Å². The summed E-state index contributed by atoms with van der Waals surface area (Å²) in [5.74, 6) is 0.106. The zero-order valence-corrected chi connectivity index (χ0v) is 22.8. The van der Waals surface area contributed by atoms with E-state index in [0.717, 1.165) is 12.8 Å². The maximum absolute atomic E-state index is 14.1. The van der Waals surface area contributed by atoms with E-state index in [0.29, 0.717) is 44.6 Å². The van der Waals surface area contributed by atoms with Crippen molar-refractivity contribution in [3.05, 3.63) is 23.5 Å². The van der Waals surface area contributed by atoms with Gasteiger partial charge in [-0.3, -0.25) is 4.79 Å². The number of ether oxygens (including phenoxy) is 2. The Balaban J connectivity index is 1.30. The fourth-order valence-corrected chi connectivity index (χ4v) is 7.11. The number of methoxy groups -OCH3 is 1. The Morgan fingerprint density at radius 3 is 2.33 bits per heavy atom. The number of piperazine rings is 1. The van der Waals surface area contributed by atoms with E-state index in [1.54, 1.807) is 12.0 Å². The molecular formula is C27H36F6N4O3. The molecule has 4 fully saturated rings. The van der Waals surface area contributed by atoms with Gasteiger partial charge in [-0.25, -0.2) is 4.98 Å². The molecule has 1 saturated carbocycles. The summed E-state index contributed by atoms with van der Waals surface area (Å²) >= 11 is 0. The van der Waals surface area contributed by atoms with Crippen LogP contribution in [0.1, 0.15) is 57.3 Å². The second-order valence-electron chi connectivity index (χ2n) is 11.9. The smallest absolute Gasteiger partial charge is 0.379 e. The summed E-state index contributed by atoms with van der Waals surface area (Å²) in [5, 5.41) is 3.70. The highest BCUT2D eigenvalue weighted by atomic mass is 19.4. The number of nitrogens with one attached hydrogen (secondary N) is 1. The lowest BCUT2D eigenvalue weighted by Gasteiger charge is -2.42. The van der Waals surface area contributed by atoms with Crippen LogP contribution in [0.4, 0.5) is 32.0 Å². The number of nitrogens with zero attached hydrogens (tertiary/aromatic N) is 3. The Morgan fingerprint density at radius 2 is 1.77 bits per heavy atom. The highest BCUT2D eigenvalue weighted by Crippen LogP contribution is 2.49. The van der Waals surface area contributed by atoms with Crippen LogP contribution in [0, 0.1) is 11.3 Å². The van der Waals surface area contributed by atoms with E-state index in [4.69, 9.17) is 9.47 Å². The lowest BCUT2D eigenvalue weighted by Crippen LogP contribution is -2.55. The van der Waals surface area contributed by atoms with Crippen molar-refractivity contribution in [2.24, 2.45) is 11.3 Å². The average Bonchev–Trinajstić information content (AvgIpc) is 3.62. The van der Waals surface area contributed by atoms with Crippen LogP contribution in [0.3, 0.4) is 0 Å². The van der Waals surface area contributed by atoms with E-state index in [1.165, 1.54) is 0 Å². The number of halogens is 6. The number of aromatic nitrogens is 1. The molecule has 2 bridgehead atoms. The van der Waals surface area contributed by atoms with Crippen molar-refractivity contribution in [2.75, 3.05) is 38.3 Å². The van der Waals surface area contributed by atoms with Crippen molar-refractivity contribution in [1.29, 1.82) is 0 Å². The minimum Gasteiger partial charge on any atom is -0.379 e. The molecule has 0 radical (unpaired) electrons. The minimum atomic E-state index is -5.01. The molecule has 3 saturated heterocycles. The van der Waals surface area contributed by atoms with Gasteiger partial charge in [-0.1, -0.05) is 13.8 Å². The van der Waals surface area contributed by atoms with Gasteiger partial charge in [0.2, 0.25) is 5.91 Å². The number of anilines is 1. The number of carbonyl (C=O) groups excluding carboxylic acids is 1. The van der Waals surface area contributed by atoms with E-state index in [9.17, 15) is 31.1 Å². The molecule has 0 unspecified atom stereocenters. The van der Waals surface area contributed by atoms with Gasteiger partial charge in [-0.05, 0) is 50.2 Å². The van der Waals surface area contributed by atoms with Crippen LogP contribution in [-0.4, -0.2) is 79.5 Å². The van der Waals surface area contributed by atoms with Crippen LogP contribution in [0.5, 0.6) is 0 Å². The molecule has 1 N–H and O–H groups in total. The third-order valence-electron chi connectivity index (χ3n) is 9.36. The molecular weight excluding hydrogens is 542 g/mol. The average molecular weight is 579 g/mol. The summed E-state index contributed by atoms with van der Waals surface area (Å²) in [6, 6.07) is 1.000. The Morgan fingerprint density at radius 1 is 1.10 bits per heavy atom. The number of hydrogen-bond acceptors (Lipinski definition) is 6. The van der Waals surface area contributed by atoms with Crippen LogP contribution in [0.15, 0.2) is 12.1 Å². The third-order valence-corrected chi connectivity index (χ3v) is 9.36. The second kappa shape index (κ2) is 10.6. The first kappa shape index (κ1) is 29.4. The normalized spacial score (nSPS) is 32.9. The Hall–Kier alpha value is -2.12. The summed E-state index contributed by atoms with van der Waals surface area (Å²) in [6.45, 7) is 5.71. The highest BCUT2D eigenvalue weighted by molar-refractivity contribution is 5.84. The Bertz CT molecular complexity index is 1070. The Kier molecular flexibility index (Phi) is 7.80. The summed E-state index contributed by atoms with van der Waals surface area (Å²) in [7, 11) is 1.66. The van der Waals surface area contributed by atoms with Gasteiger partial charge in [-0.2, -0.15) is 26.3 Å². The standard InChI is InChI=1S/C27H36F6N4O3/c1-15(2)25(6-4-16(11-25)34-20-5-7-40-14-21(20)39-3)24(38)37-13-18-8-19(37)12-36(18)17-9-22(26(28,29)30)35-23(10-17)27(31,32)33/h9-10,15-16,18-21,34H,4-8,11-14H2,1-3H3/t16-,18+,19+,20+,21-,25+/m1/s1. The van der Waals surface area contributed by atoms with Crippen molar-refractivity contribution in [3.63, 3.8) is 0 Å². The molecule has 1 aromatic rings. The van der Waals surface area contributed by atoms with Gasteiger partial charge in [-0.15, -0.1) is 0 Å². The van der Waals surface area contributed by atoms with Crippen LogP contribution in [0.25, 0.3) is 0 Å². The lowest BCUT2D eigenvalue weighted by atomic mass is 9.74. The number of carbonyl (C=O) groups is 1. The molecule has 13 heteroatoms. The molecule has 5 rings (SSSR count). The number of hydrogen-bond donors (Lipinski definition) is 1. The predicted molar refractivity (Wildman–Crippen MR) is 134 cm³/mol. The first-order valence-electron chi connectivity index (χ1n) is 13.8. The second-order valence-corrected chi connectivity index (χ2v) is 11.9. The molecule has 40 heavy (non-hydrogen) atoms. The fourth-order valence-electron chi connectivity index (χ4n) is 7.11. The maximum Gasteiger partial charge on any atom is 0.433 e. The van der Waals surface area contributed by atoms with E-state index in [2.05, 4.69) is 10.3 Å². The molecule has 1 aromatic heterocycles. The number of pyridine rings is 1. The molecule has 0 spiro atoms. The molecule has 0 aromatic carbocycles. The monoisotopic (exact) mass is 578 g/mol. The Labute approximate surface area is 229 Å². The van der Waals surface area contributed by atoms with E-state index < -0.39 is 29.2 Å². The lowest BCUT2D eigenvalue weighted by molar-refractivity contribution is -0.150. The predicted octanol–water partition coefficient (Wildman–Crippen LogP) is 4.50. The molecule has 3 aliphatic heterocycles. The quantitative estimate of drug-likeness (QED) is 0.502. The number of fused-ring (bicyclic) bond motifs is 2. The van der Waals surface area contributed by atoms with Crippen molar-refractivity contribution in [3.8, 4) is 0 Å². The molecule has 224 valence electrons. The summed E-state index contributed by atoms with van der Waals surface area (Å²) < 4.78 is 91.3. The van der Waals surface area contributed by atoms with Crippen molar-refractivity contribution >= 4 is 11.6 Å². The van der Waals surface area contributed by atoms with Gasteiger partial charge in [0.15, 0.2) is 0 Å². The zero-order chi connectivity index (χ0) is 29.0. The zero-order valence-electron chi connectivity index (χ0n) is 22.8. The van der Waals surface area contributed by atoms with Gasteiger partial charge in [0.05, 0.1) is 24.2 Å². The molecule has 4 aliphatic rings.